The van der Waals surface area contributed by atoms with E-state index in [0.29, 0.717) is 0 Å². The summed E-state index contributed by atoms with van der Waals surface area (Å²) in [6, 6.07) is 56.9. The van der Waals surface area contributed by atoms with Gasteiger partial charge in [-0.3, -0.25) is 0 Å². The van der Waals surface area contributed by atoms with Gasteiger partial charge in [-0.25, -0.2) is 9.98 Å². The van der Waals surface area contributed by atoms with Crippen molar-refractivity contribution in [1.82, 2.24) is 5.32 Å². The third-order valence-corrected chi connectivity index (χ3v) is 10.3. The largest absolute Gasteiger partial charge is 0.456 e. The number of rotatable bonds is 4. The molecule has 11 rings (SSSR count). The summed E-state index contributed by atoms with van der Waals surface area (Å²) in [6.07, 6.45) is -0.495. The predicted octanol–water partition coefficient (Wildman–Crippen LogP) is 12.0. The molecule has 1 aliphatic heterocycles. The first-order chi connectivity index (χ1) is 25.7. The Morgan fingerprint density at radius 1 is 0.404 bits per heavy atom. The van der Waals surface area contributed by atoms with E-state index >= 15 is 0 Å². The zero-order valence-corrected chi connectivity index (χ0v) is 27.9. The van der Waals surface area contributed by atoms with Crippen LogP contribution in [0.3, 0.4) is 0 Å². The summed E-state index contributed by atoms with van der Waals surface area (Å²) in [5.41, 5.74) is 8.56. The monoisotopic (exact) mass is 667 g/mol. The number of amidine groups is 2. The number of fused-ring (bicyclic) bond motifs is 9. The second kappa shape index (κ2) is 11.3. The van der Waals surface area contributed by atoms with E-state index < -0.39 is 6.17 Å². The molecule has 2 aromatic heterocycles. The maximum absolute atomic E-state index is 6.60. The highest BCUT2D eigenvalue weighted by Gasteiger charge is 2.25. The number of aliphatic imine (C=N–C) groups is 2. The second-order valence-electron chi connectivity index (χ2n) is 13.4. The summed E-state index contributed by atoms with van der Waals surface area (Å²) in [5, 5.41) is 12.7. The molecule has 0 aliphatic carbocycles. The number of nitrogens with zero attached hydrogens (tertiary/aromatic N) is 2. The summed E-state index contributed by atoms with van der Waals surface area (Å²) in [4.78, 5) is 10.5. The summed E-state index contributed by atoms with van der Waals surface area (Å²) >= 11 is 0. The molecule has 244 valence electrons. The first kappa shape index (κ1) is 28.8. The van der Waals surface area contributed by atoms with Gasteiger partial charge >= 0.3 is 0 Å². The predicted molar refractivity (Wildman–Crippen MR) is 213 cm³/mol. The van der Waals surface area contributed by atoms with Crippen LogP contribution in [-0.4, -0.2) is 11.7 Å². The molecule has 0 spiro atoms. The van der Waals surface area contributed by atoms with Crippen LogP contribution in [0.25, 0.3) is 76.5 Å². The Morgan fingerprint density at radius 3 is 1.92 bits per heavy atom. The summed E-state index contributed by atoms with van der Waals surface area (Å²) in [5.74, 6) is 1.56. The Labute approximate surface area is 298 Å². The van der Waals surface area contributed by atoms with Gasteiger partial charge in [-0.2, -0.15) is 0 Å². The molecule has 1 unspecified atom stereocenters. The minimum atomic E-state index is -0.495. The number of benzene rings is 8. The van der Waals surface area contributed by atoms with Crippen molar-refractivity contribution >= 4 is 77.1 Å². The van der Waals surface area contributed by atoms with Crippen molar-refractivity contribution in [2.24, 2.45) is 9.98 Å². The van der Waals surface area contributed by atoms with E-state index in [9.17, 15) is 0 Å². The van der Waals surface area contributed by atoms with Gasteiger partial charge < -0.3 is 14.2 Å². The van der Waals surface area contributed by atoms with Crippen LogP contribution < -0.4 is 5.32 Å². The lowest BCUT2D eigenvalue weighted by molar-refractivity contribution is 0.667. The minimum absolute atomic E-state index is 0.495. The zero-order chi connectivity index (χ0) is 34.2. The molecule has 0 bridgehead atoms. The van der Waals surface area contributed by atoms with Gasteiger partial charge in [-0.1, -0.05) is 127 Å². The molecule has 0 saturated heterocycles. The highest BCUT2D eigenvalue weighted by atomic mass is 16.3. The molecule has 5 heteroatoms. The molecule has 10 aromatic rings. The maximum atomic E-state index is 6.60. The van der Waals surface area contributed by atoms with Gasteiger partial charge in [0, 0.05) is 38.2 Å². The average Bonchev–Trinajstić information content (AvgIpc) is 3.79. The second-order valence-corrected chi connectivity index (χ2v) is 13.4. The minimum Gasteiger partial charge on any atom is -0.456 e. The highest BCUT2D eigenvalue weighted by molar-refractivity contribution is 6.19. The molecule has 1 atom stereocenters. The van der Waals surface area contributed by atoms with E-state index in [4.69, 9.17) is 18.8 Å². The normalized spacial score (nSPS) is 14.7. The van der Waals surface area contributed by atoms with Crippen LogP contribution in [0.2, 0.25) is 0 Å². The quantitative estimate of drug-likeness (QED) is 0.190. The third-order valence-electron chi connectivity index (χ3n) is 10.3. The topological polar surface area (TPSA) is 63.0 Å². The van der Waals surface area contributed by atoms with Crippen LogP contribution in [0, 0.1) is 0 Å². The fourth-order valence-corrected chi connectivity index (χ4v) is 7.88. The molecule has 52 heavy (non-hydrogen) atoms. The number of furan rings is 2. The van der Waals surface area contributed by atoms with Gasteiger partial charge in [0.05, 0.1) is 0 Å². The lowest BCUT2D eigenvalue weighted by Gasteiger charge is -2.23. The first-order valence-electron chi connectivity index (χ1n) is 17.5. The van der Waals surface area contributed by atoms with Crippen LogP contribution in [0.5, 0.6) is 0 Å². The third kappa shape index (κ3) is 4.49. The molecule has 0 fully saturated rings. The van der Waals surface area contributed by atoms with E-state index in [1.807, 2.05) is 54.6 Å². The molecular weight excluding hydrogens is 639 g/mol. The van der Waals surface area contributed by atoms with E-state index in [2.05, 4.69) is 115 Å². The first-order valence-corrected chi connectivity index (χ1v) is 17.5. The van der Waals surface area contributed by atoms with Crippen LogP contribution in [0.1, 0.15) is 22.9 Å². The van der Waals surface area contributed by atoms with Crippen molar-refractivity contribution in [3.05, 3.63) is 180 Å². The molecule has 1 aliphatic rings. The van der Waals surface area contributed by atoms with Gasteiger partial charge in [-0.05, 0) is 69.1 Å². The van der Waals surface area contributed by atoms with Crippen molar-refractivity contribution in [1.29, 1.82) is 0 Å². The maximum Gasteiger partial charge on any atom is 0.170 e. The van der Waals surface area contributed by atoms with Crippen molar-refractivity contribution < 1.29 is 8.83 Å². The number of para-hydroxylation sites is 1. The number of hydrogen-bond donors (Lipinski definition) is 1. The zero-order valence-electron chi connectivity index (χ0n) is 27.9. The van der Waals surface area contributed by atoms with Crippen molar-refractivity contribution in [2.75, 3.05) is 0 Å². The molecule has 1 N–H and O–H groups in total. The fraction of sp³-hybridized carbons (Fsp3) is 0.0213. The Bertz CT molecular complexity index is 3110. The van der Waals surface area contributed by atoms with Gasteiger partial charge in [0.25, 0.3) is 0 Å². The van der Waals surface area contributed by atoms with Crippen LogP contribution in [0.15, 0.2) is 183 Å². The SMILES string of the molecule is c1ccc(C2=NC(c3cccc4oc5cc(-c6cccc7oc8ccccc8c67)ccc5c34)N=C(c3ccc4ccc5ccccc5c4c3)N2)cc1. The van der Waals surface area contributed by atoms with Gasteiger partial charge in [0.2, 0.25) is 0 Å². The Hall–Kier alpha value is -6.98. The van der Waals surface area contributed by atoms with E-state index in [-0.39, 0.29) is 0 Å². The van der Waals surface area contributed by atoms with E-state index in [1.54, 1.807) is 0 Å². The Balaban J connectivity index is 1.08. The summed E-state index contributed by atoms with van der Waals surface area (Å²) in [7, 11) is 0. The lowest BCUT2D eigenvalue weighted by atomic mass is 9.97. The molecule has 0 amide bonds. The van der Waals surface area contributed by atoms with Gasteiger partial charge in [-0.15, -0.1) is 0 Å². The molecule has 3 heterocycles. The Morgan fingerprint density at radius 2 is 1.04 bits per heavy atom. The van der Waals surface area contributed by atoms with Crippen molar-refractivity contribution in [3.63, 3.8) is 0 Å². The van der Waals surface area contributed by atoms with Crippen molar-refractivity contribution in [2.45, 2.75) is 6.17 Å². The molecule has 5 nitrogen and oxygen atoms in total. The van der Waals surface area contributed by atoms with Gasteiger partial charge in [0.15, 0.2) is 6.17 Å². The summed E-state index contributed by atoms with van der Waals surface area (Å²) in [6.45, 7) is 0. The van der Waals surface area contributed by atoms with Crippen LogP contribution in [-0.2, 0) is 0 Å². The highest BCUT2D eigenvalue weighted by Crippen LogP contribution is 2.41. The van der Waals surface area contributed by atoms with Crippen LogP contribution >= 0.6 is 0 Å². The molecule has 8 aromatic carbocycles. The van der Waals surface area contributed by atoms with E-state index in [1.165, 1.54) is 21.5 Å². The van der Waals surface area contributed by atoms with Gasteiger partial charge in [0.1, 0.15) is 34.0 Å². The fourth-order valence-electron chi connectivity index (χ4n) is 7.88. The number of hydrogen-bond acceptors (Lipinski definition) is 5. The standard InChI is InChI=1S/C47H29N3O2/c1-2-11-30(12-3-1)45-48-46(32-23-22-29-21-20-28-10-4-5-13-33(28)38(29)26-32)50-47(49-45)37-16-9-19-41-44(37)36-25-24-31(27-42(36)52-41)34-15-8-18-40-43(34)35-14-6-7-17-39(35)51-40/h1-27,47H,(H,48,49,50). The van der Waals surface area contributed by atoms with Crippen LogP contribution in [0.4, 0.5) is 0 Å². The summed E-state index contributed by atoms with van der Waals surface area (Å²) < 4.78 is 12.8. The molecular formula is C47H29N3O2. The smallest absolute Gasteiger partial charge is 0.170 e. The molecule has 0 saturated carbocycles. The average molecular weight is 668 g/mol. The van der Waals surface area contributed by atoms with E-state index in [0.717, 1.165) is 83.4 Å². The molecule has 0 radical (unpaired) electrons. The Kier molecular flexibility index (Phi) is 6.25. The number of nitrogens with one attached hydrogen (secondary N) is 1. The van der Waals surface area contributed by atoms with Crippen molar-refractivity contribution in [3.8, 4) is 11.1 Å². The lowest BCUT2D eigenvalue weighted by Crippen LogP contribution is -2.36.